The largest absolute Gasteiger partial charge is 0.478 e. The fourth-order valence-electron chi connectivity index (χ4n) is 3.62. The molecule has 0 aliphatic heterocycles. The Bertz CT molecular complexity index is 1010. The number of aliphatic hydroxyl groups excluding tert-OH is 1. The molecule has 158 valence electrons. The second-order valence-electron chi connectivity index (χ2n) is 7.07. The van der Waals surface area contributed by atoms with Gasteiger partial charge in [-0.3, -0.25) is 0 Å². The number of carbonyl (C=O) groups is 1. The van der Waals surface area contributed by atoms with Gasteiger partial charge in [0.05, 0.1) is 24.4 Å². The molecule has 3 rings (SSSR count). The van der Waals surface area contributed by atoms with Crippen LogP contribution in [0.5, 0.6) is 0 Å². The number of benzene rings is 2. The highest BCUT2D eigenvalue weighted by molar-refractivity contribution is 7.99. The first-order valence-electron chi connectivity index (χ1n) is 10.3. The standard InChI is InChI=1S/C24H28N2O3S/c1-3-5-14-22-25-21(16-27)23(30-4-2)26(22)15-17-10-6-7-11-18(17)19-12-8-9-13-20(19)24(28)29/h6-13,27H,3-5,14-16H2,1-2H3,(H,28,29). The first-order chi connectivity index (χ1) is 14.6. The second kappa shape index (κ2) is 10.5. The number of aliphatic hydroxyl groups is 1. The number of aromatic nitrogens is 2. The van der Waals surface area contributed by atoms with Crippen molar-refractivity contribution < 1.29 is 15.0 Å². The highest BCUT2D eigenvalue weighted by atomic mass is 32.2. The summed E-state index contributed by atoms with van der Waals surface area (Å²) in [7, 11) is 0. The first kappa shape index (κ1) is 22.1. The van der Waals surface area contributed by atoms with E-state index in [1.807, 2.05) is 36.4 Å². The third kappa shape index (κ3) is 4.77. The summed E-state index contributed by atoms with van der Waals surface area (Å²) < 4.78 is 2.19. The Morgan fingerprint density at radius 2 is 1.77 bits per heavy atom. The lowest BCUT2D eigenvalue weighted by Crippen LogP contribution is -2.09. The summed E-state index contributed by atoms with van der Waals surface area (Å²) in [5.41, 5.74) is 3.66. The molecular formula is C24H28N2O3S. The highest BCUT2D eigenvalue weighted by Gasteiger charge is 2.19. The fraction of sp³-hybridized carbons (Fsp3) is 0.333. The summed E-state index contributed by atoms with van der Waals surface area (Å²) in [6.07, 6.45) is 2.95. The van der Waals surface area contributed by atoms with Crippen molar-refractivity contribution in [1.82, 2.24) is 9.55 Å². The van der Waals surface area contributed by atoms with Gasteiger partial charge in [-0.2, -0.15) is 0 Å². The molecule has 0 spiro atoms. The number of hydrogen-bond donors (Lipinski definition) is 2. The van der Waals surface area contributed by atoms with Gasteiger partial charge >= 0.3 is 5.97 Å². The Labute approximate surface area is 181 Å². The van der Waals surface area contributed by atoms with Crippen molar-refractivity contribution in [2.75, 3.05) is 5.75 Å². The quantitative estimate of drug-likeness (QED) is 0.435. The Kier molecular flexibility index (Phi) is 7.71. The van der Waals surface area contributed by atoms with Gasteiger partial charge in [-0.05, 0) is 34.9 Å². The molecular weight excluding hydrogens is 396 g/mol. The molecule has 0 unspecified atom stereocenters. The van der Waals surface area contributed by atoms with Gasteiger partial charge in [0.25, 0.3) is 0 Å². The van der Waals surface area contributed by atoms with Gasteiger partial charge in [-0.15, -0.1) is 11.8 Å². The van der Waals surface area contributed by atoms with Gasteiger partial charge in [0.15, 0.2) is 0 Å². The number of rotatable bonds is 10. The zero-order valence-corrected chi connectivity index (χ0v) is 18.3. The molecule has 0 atom stereocenters. The molecule has 0 saturated heterocycles. The van der Waals surface area contributed by atoms with Crippen LogP contribution in [0.25, 0.3) is 11.1 Å². The second-order valence-corrected chi connectivity index (χ2v) is 8.32. The van der Waals surface area contributed by atoms with E-state index in [1.165, 1.54) is 0 Å². The Morgan fingerprint density at radius 3 is 2.43 bits per heavy atom. The number of carboxylic acids is 1. The van der Waals surface area contributed by atoms with Crippen LogP contribution >= 0.6 is 11.8 Å². The van der Waals surface area contributed by atoms with Crippen LogP contribution in [0, 0.1) is 0 Å². The average molecular weight is 425 g/mol. The van der Waals surface area contributed by atoms with E-state index in [0.717, 1.165) is 52.7 Å². The molecule has 0 aliphatic rings. The van der Waals surface area contributed by atoms with E-state index >= 15 is 0 Å². The molecule has 0 bridgehead atoms. The number of aryl methyl sites for hydroxylation is 1. The monoisotopic (exact) mass is 424 g/mol. The lowest BCUT2D eigenvalue weighted by atomic mass is 9.95. The van der Waals surface area contributed by atoms with Crippen LogP contribution in [0.2, 0.25) is 0 Å². The average Bonchev–Trinajstić information content (AvgIpc) is 3.09. The minimum absolute atomic E-state index is 0.0854. The minimum atomic E-state index is -0.934. The number of thioether (sulfide) groups is 1. The molecule has 2 N–H and O–H groups in total. The van der Waals surface area contributed by atoms with E-state index in [-0.39, 0.29) is 6.61 Å². The maximum absolute atomic E-state index is 11.8. The third-order valence-corrected chi connectivity index (χ3v) is 6.06. The molecule has 0 fully saturated rings. The van der Waals surface area contributed by atoms with E-state index in [1.54, 1.807) is 23.9 Å². The summed E-state index contributed by atoms with van der Waals surface area (Å²) in [4.78, 5) is 16.5. The topological polar surface area (TPSA) is 75.4 Å². The van der Waals surface area contributed by atoms with Crippen LogP contribution in [0.1, 0.15) is 54.1 Å². The minimum Gasteiger partial charge on any atom is -0.478 e. The van der Waals surface area contributed by atoms with Crippen molar-refractivity contribution >= 4 is 17.7 Å². The van der Waals surface area contributed by atoms with Crippen LogP contribution in [0.4, 0.5) is 0 Å². The molecule has 3 aromatic rings. The SMILES string of the molecule is CCCCc1nc(CO)c(SCC)n1Cc1ccccc1-c1ccccc1C(=O)O. The summed E-state index contributed by atoms with van der Waals surface area (Å²) in [5, 5.41) is 20.5. The molecule has 6 heteroatoms. The first-order valence-corrected chi connectivity index (χ1v) is 11.3. The molecule has 1 aromatic heterocycles. The van der Waals surface area contributed by atoms with E-state index < -0.39 is 5.97 Å². The lowest BCUT2D eigenvalue weighted by Gasteiger charge is -2.16. The van der Waals surface area contributed by atoms with Crippen molar-refractivity contribution in [2.45, 2.75) is 51.3 Å². The molecule has 1 heterocycles. The Hall–Kier alpha value is -2.57. The molecule has 30 heavy (non-hydrogen) atoms. The predicted octanol–water partition coefficient (Wildman–Crippen LogP) is 5.24. The van der Waals surface area contributed by atoms with Gasteiger partial charge in [0, 0.05) is 6.42 Å². The zero-order valence-electron chi connectivity index (χ0n) is 17.5. The number of aromatic carboxylic acids is 1. The molecule has 2 aromatic carbocycles. The Balaban J connectivity index is 2.10. The van der Waals surface area contributed by atoms with Crippen LogP contribution in [-0.2, 0) is 19.6 Å². The lowest BCUT2D eigenvalue weighted by molar-refractivity contribution is 0.0697. The van der Waals surface area contributed by atoms with Gasteiger partial charge in [-0.1, -0.05) is 62.7 Å². The smallest absolute Gasteiger partial charge is 0.336 e. The summed E-state index contributed by atoms with van der Waals surface area (Å²) in [6.45, 7) is 4.74. The zero-order chi connectivity index (χ0) is 21.5. The molecule has 0 saturated carbocycles. The molecule has 0 amide bonds. The van der Waals surface area contributed by atoms with E-state index in [4.69, 9.17) is 4.98 Å². The van der Waals surface area contributed by atoms with Crippen LogP contribution in [0.3, 0.4) is 0 Å². The summed E-state index contributed by atoms with van der Waals surface area (Å²) in [5.74, 6) is 0.921. The van der Waals surface area contributed by atoms with E-state index in [9.17, 15) is 15.0 Å². The van der Waals surface area contributed by atoms with Crippen molar-refractivity contribution in [2.24, 2.45) is 0 Å². The van der Waals surface area contributed by atoms with Crippen molar-refractivity contribution in [3.63, 3.8) is 0 Å². The van der Waals surface area contributed by atoms with Crippen LogP contribution < -0.4 is 0 Å². The summed E-state index contributed by atoms with van der Waals surface area (Å²) >= 11 is 1.68. The van der Waals surface area contributed by atoms with Gasteiger partial charge in [0.1, 0.15) is 10.9 Å². The van der Waals surface area contributed by atoms with Crippen molar-refractivity contribution in [1.29, 1.82) is 0 Å². The van der Waals surface area contributed by atoms with Crippen LogP contribution in [0.15, 0.2) is 53.6 Å². The van der Waals surface area contributed by atoms with Crippen LogP contribution in [-0.4, -0.2) is 31.5 Å². The number of unbranched alkanes of at least 4 members (excludes halogenated alkanes) is 1. The maximum atomic E-state index is 11.8. The summed E-state index contributed by atoms with van der Waals surface area (Å²) in [6, 6.07) is 15.0. The molecule has 5 nitrogen and oxygen atoms in total. The van der Waals surface area contributed by atoms with Gasteiger partial charge in [-0.25, -0.2) is 9.78 Å². The fourth-order valence-corrected chi connectivity index (χ4v) is 4.50. The number of carboxylic acid groups (broad SMARTS) is 1. The van der Waals surface area contributed by atoms with Crippen molar-refractivity contribution in [3.8, 4) is 11.1 Å². The molecule has 0 aliphatic carbocycles. The number of hydrogen-bond acceptors (Lipinski definition) is 4. The van der Waals surface area contributed by atoms with Gasteiger partial charge < -0.3 is 14.8 Å². The van der Waals surface area contributed by atoms with Crippen molar-refractivity contribution in [3.05, 3.63) is 71.2 Å². The Morgan fingerprint density at radius 1 is 1.07 bits per heavy atom. The van der Waals surface area contributed by atoms with E-state index in [2.05, 4.69) is 18.4 Å². The number of nitrogens with zero attached hydrogens (tertiary/aromatic N) is 2. The van der Waals surface area contributed by atoms with E-state index in [0.29, 0.717) is 17.7 Å². The predicted molar refractivity (Wildman–Crippen MR) is 121 cm³/mol. The number of imidazole rings is 1. The van der Waals surface area contributed by atoms with Gasteiger partial charge in [0.2, 0.25) is 0 Å². The maximum Gasteiger partial charge on any atom is 0.336 e. The third-order valence-electron chi connectivity index (χ3n) is 5.05. The molecule has 0 radical (unpaired) electrons. The highest BCUT2D eigenvalue weighted by Crippen LogP contribution is 2.31. The normalized spacial score (nSPS) is 11.0.